The van der Waals surface area contributed by atoms with Gasteiger partial charge in [-0.25, -0.2) is 0 Å². The van der Waals surface area contributed by atoms with Crippen molar-refractivity contribution in [3.63, 3.8) is 0 Å². The van der Waals surface area contributed by atoms with E-state index in [1.165, 1.54) is 6.07 Å². The molecule has 0 bridgehead atoms. The topological polar surface area (TPSA) is 90.9 Å². The first-order valence-electron chi connectivity index (χ1n) is 7.08. The zero-order valence-corrected chi connectivity index (χ0v) is 12.2. The van der Waals surface area contributed by atoms with Crippen LogP contribution in [0.3, 0.4) is 0 Å². The lowest BCUT2D eigenvalue weighted by atomic mass is 10.2. The second-order valence-electron chi connectivity index (χ2n) is 4.96. The molecule has 1 fully saturated rings. The SMILES string of the molecule is CCN1CCOC(COc2ccc(CN)cc2[N+](=O)[O-])C1. The molecule has 1 unspecified atom stereocenters. The lowest BCUT2D eigenvalue weighted by molar-refractivity contribution is -0.386. The lowest BCUT2D eigenvalue weighted by Crippen LogP contribution is -2.44. The molecular formula is C14H21N3O4. The standard InChI is InChI=1S/C14H21N3O4/c1-2-16-5-6-20-12(9-16)10-21-14-4-3-11(8-15)7-13(14)17(18)19/h3-4,7,12H,2,5-6,8-10,15H2,1H3. The van der Waals surface area contributed by atoms with Crippen LogP contribution >= 0.6 is 0 Å². The van der Waals surface area contributed by atoms with E-state index < -0.39 is 4.92 Å². The van der Waals surface area contributed by atoms with Crippen molar-refractivity contribution in [2.45, 2.75) is 19.6 Å². The van der Waals surface area contributed by atoms with E-state index in [2.05, 4.69) is 11.8 Å². The van der Waals surface area contributed by atoms with E-state index in [9.17, 15) is 10.1 Å². The molecule has 0 radical (unpaired) electrons. The maximum Gasteiger partial charge on any atom is 0.311 e. The van der Waals surface area contributed by atoms with Crippen LogP contribution in [0.5, 0.6) is 5.75 Å². The molecule has 21 heavy (non-hydrogen) atoms. The third kappa shape index (κ3) is 4.13. The number of nitro groups is 1. The van der Waals surface area contributed by atoms with Gasteiger partial charge in [0, 0.05) is 25.7 Å². The van der Waals surface area contributed by atoms with Crippen molar-refractivity contribution >= 4 is 5.69 Å². The maximum absolute atomic E-state index is 11.1. The fraction of sp³-hybridized carbons (Fsp3) is 0.571. The molecule has 0 saturated carbocycles. The number of nitro benzene ring substituents is 1. The van der Waals surface area contributed by atoms with Gasteiger partial charge in [0.2, 0.25) is 0 Å². The summed E-state index contributed by atoms with van der Waals surface area (Å²) in [4.78, 5) is 12.9. The maximum atomic E-state index is 11.1. The molecule has 0 aromatic heterocycles. The zero-order valence-electron chi connectivity index (χ0n) is 12.2. The average Bonchev–Trinajstić information content (AvgIpc) is 2.52. The number of hydrogen-bond donors (Lipinski definition) is 1. The third-order valence-electron chi connectivity index (χ3n) is 3.55. The van der Waals surface area contributed by atoms with Gasteiger partial charge in [0.1, 0.15) is 12.7 Å². The lowest BCUT2D eigenvalue weighted by Gasteiger charge is -2.31. The van der Waals surface area contributed by atoms with Crippen LogP contribution in [0, 0.1) is 10.1 Å². The van der Waals surface area contributed by atoms with Crippen molar-refractivity contribution in [2.24, 2.45) is 5.73 Å². The second kappa shape index (κ2) is 7.35. The number of nitrogens with zero attached hydrogens (tertiary/aromatic N) is 2. The summed E-state index contributed by atoms with van der Waals surface area (Å²) in [6.07, 6.45) is -0.0625. The Labute approximate surface area is 123 Å². The van der Waals surface area contributed by atoms with Gasteiger partial charge in [0.25, 0.3) is 0 Å². The molecule has 7 heteroatoms. The predicted molar refractivity (Wildman–Crippen MR) is 78.3 cm³/mol. The summed E-state index contributed by atoms with van der Waals surface area (Å²) in [7, 11) is 0. The molecule has 1 atom stereocenters. The van der Waals surface area contributed by atoms with Crippen molar-refractivity contribution in [3.8, 4) is 5.75 Å². The minimum absolute atomic E-state index is 0.0545. The van der Waals surface area contributed by atoms with E-state index in [-0.39, 0.29) is 24.1 Å². The minimum atomic E-state index is -0.450. The van der Waals surface area contributed by atoms with Crippen LogP contribution in [0.1, 0.15) is 12.5 Å². The van der Waals surface area contributed by atoms with Gasteiger partial charge in [0.15, 0.2) is 5.75 Å². The molecule has 2 rings (SSSR count). The van der Waals surface area contributed by atoms with Crippen molar-refractivity contribution in [3.05, 3.63) is 33.9 Å². The summed E-state index contributed by atoms with van der Waals surface area (Å²) in [6, 6.07) is 4.79. The molecule has 7 nitrogen and oxygen atoms in total. The van der Waals surface area contributed by atoms with Gasteiger partial charge in [0.05, 0.1) is 11.5 Å². The number of hydrogen-bond acceptors (Lipinski definition) is 6. The first-order chi connectivity index (χ1) is 10.1. The first kappa shape index (κ1) is 15.7. The van der Waals surface area contributed by atoms with E-state index in [1.54, 1.807) is 12.1 Å². The molecule has 1 saturated heterocycles. The summed E-state index contributed by atoms with van der Waals surface area (Å²) >= 11 is 0. The molecule has 1 aromatic rings. The number of ether oxygens (including phenoxy) is 2. The number of morpholine rings is 1. The van der Waals surface area contributed by atoms with Crippen molar-refractivity contribution in [1.29, 1.82) is 0 Å². The van der Waals surface area contributed by atoms with Crippen LogP contribution in [0.25, 0.3) is 0 Å². The number of nitrogens with two attached hydrogens (primary N) is 1. The number of likely N-dealkylation sites (N-methyl/N-ethyl adjacent to an activating group) is 1. The normalized spacial score (nSPS) is 19.4. The zero-order chi connectivity index (χ0) is 15.2. The van der Waals surface area contributed by atoms with Gasteiger partial charge >= 0.3 is 5.69 Å². The molecule has 2 N–H and O–H groups in total. The molecule has 0 amide bonds. The summed E-state index contributed by atoms with van der Waals surface area (Å²) in [5.74, 6) is 0.259. The highest BCUT2D eigenvalue weighted by atomic mass is 16.6. The molecule has 116 valence electrons. The van der Waals surface area contributed by atoms with Gasteiger partial charge in [-0.1, -0.05) is 13.0 Å². The quantitative estimate of drug-likeness (QED) is 0.625. The van der Waals surface area contributed by atoms with Gasteiger partial charge in [-0.3, -0.25) is 15.0 Å². The molecule has 1 aromatic carbocycles. The number of rotatable bonds is 6. The van der Waals surface area contributed by atoms with Crippen LogP contribution in [0.15, 0.2) is 18.2 Å². The molecule has 1 aliphatic heterocycles. The van der Waals surface area contributed by atoms with Crippen LogP contribution in [-0.2, 0) is 11.3 Å². The summed E-state index contributed by atoms with van der Waals surface area (Å²) in [5, 5.41) is 11.1. The fourth-order valence-electron chi connectivity index (χ4n) is 2.31. The van der Waals surface area contributed by atoms with Crippen molar-refractivity contribution in [2.75, 3.05) is 32.8 Å². The largest absolute Gasteiger partial charge is 0.484 e. The molecule has 0 spiro atoms. The van der Waals surface area contributed by atoms with E-state index in [0.717, 1.165) is 19.6 Å². The third-order valence-corrected chi connectivity index (χ3v) is 3.55. The average molecular weight is 295 g/mol. The van der Waals surface area contributed by atoms with E-state index in [1.807, 2.05) is 0 Å². The van der Waals surface area contributed by atoms with Crippen LogP contribution < -0.4 is 10.5 Å². The fourth-order valence-corrected chi connectivity index (χ4v) is 2.31. The Morgan fingerprint density at radius 1 is 1.57 bits per heavy atom. The smallest absolute Gasteiger partial charge is 0.311 e. The Kier molecular flexibility index (Phi) is 5.49. The molecule has 0 aliphatic carbocycles. The van der Waals surface area contributed by atoms with E-state index in [4.69, 9.17) is 15.2 Å². The Balaban J connectivity index is 2.00. The Morgan fingerprint density at radius 2 is 2.38 bits per heavy atom. The van der Waals surface area contributed by atoms with Gasteiger partial charge < -0.3 is 15.2 Å². The molecule has 1 heterocycles. The predicted octanol–water partition coefficient (Wildman–Crippen LogP) is 1.15. The highest BCUT2D eigenvalue weighted by Gasteiger charge is 2.22. The second-order valence-corrected chi connectivity index (χ2v) is 4.96. The summed E-state index contributed by atoms with van der Waals surface area (Å²) in [6.45, 7) is 5.99. The molecule has 1 aliphatic rings. The van der Waals surface area contributed by atoms with Gasteiger partial charge in [-0.2, -0.15) is 0 Å². The summed E-state index contributed by atoms with van der Waals surface area (Å²) < 4.78 is 11.2. The highest BCUT2D eigenvalue weighted by molar-refractivity contribution is 5.48. The Hall–Kier alpha value is -1.70. The van der Waals surface area contributed by atoms with Gasteiger partial charge in [-0.05, 0) is 18.2 Å². The van der Waals surface area contributed by atoms with Crippen LogP contribution in [0.4, 0.5) is 5.69 Å². The summed E-state index contributed by atoms with van der Waals surface area (Å²) in [5.41, 5.74) is 6.16. The Morgan fingerprint density at radius 3 is 3.05 bits per heavy atom. The molecular weight excluding hydrogens is 274 g/mol. The van der Waals surface area contributed by atoms with Crippen molar-refractivity contribution < 1.29 is 14.4 Å². The van der Waals surface area contributed by atoms with Crippen LogP contribution in [-0.4, -0.2) is 48.8 Å². The van der Waals surface area contributed by atoms with Crippen molar-refractivity contribution in [1.82, 2.24) is 4.90 Å². The minimum Gasteiger partial charge on any atom is -0.484 e. The van der Waals surface area contributed by atoms with Crippen LogP contribution in [0.2, 0.25) is 0 Å². The highest BCUT2D eigenvalue weighted by Crippen LogP contribution is 2.28. The van der Waals surface area contributed by atoms with Gasteiger partial charge in [-0.15, -0.1) is 0 Å². The monoisotopic (exact) mass is 295 g/mol. The van der Waals surface area contributed by atoms with E-state index >= 15 is 0 Å². The Bertz CT molecular complexity index is 495. The number of benzene rings is 1. The first-order valence-corrected chi connectivity index (χ1v) is 7.08. The van der Waals surface area contributed by atoms with E-state index in [0.29, 0.717) is 18.8 Å².